The first-order valence-electron chi connectivity index (χ1n) is 8.52. The average Bonchev–Trinajstić information content (AvgIpc) is 2.99. The number of nitrogens with two attached hydrogens (primary N) is 1. The van der Waals surface area contributed by atoms with E-state index in [1.165, 1.54) is 11.3 Å². The van der Waals surface area contributed by atoms with Gasteiger partial charge < -0.3 is 21.3 Å². The van der Waals surface area contributed by atoms with Gasteiger partial charge in [-0.3, -0.25) is 14.4 Å². The van der Waals surface area contributed by atoms with Crippen LogP contribution in [0.3, 0.4) is 0 Å². The molecule has 1 aliphatic heterocycles. The highest BCUT2D eigenvalue weighted by atomic mass is 35.5. The minimum Gasteiger partial charge on any atom is -0.365 e. The van der Waals surface area contributed by atoms with E-state index in [1.54, 1.807) is 24.3 Å². The summed E-state index contributed by atoms with van der Waals surface area (Å²) in [4.78, 5) is 39.2. The van der Waals surface area contributed by atoms with Crippen molar-refractivity contribution in [3.8, 4) is 0 Å². The number of primary amides is 1. The van der Waals surface area contributed by atoms with Crippen LogP contribution in [0.1, 0.15) is 20.8 Å². The Hall–Kier alpha value is -2.68. The standard InChI is InChI=1S/C19H19ClN4O3S/c1-24-9-8-13-14(10-24)28-19(17(13)18(21)27)23-16(26)7-6-15(25)22-12-4-2-11(20)3-5-12/h2-7H,8-10H2,1H3,(H2,21,27)(H,22,25)(H,23,26). The van der Waals surface area contributed by atoms with E-state index in [1.807, 2.05) is 7.05 Å². The Morgan fingerprint density at radius 1 is 1.14 bits per heavy atom. The van der Waals surface area contributed by atoms with E-state index in [0.29, 0.717) is 34.2 Å². The van der Waals surface area contributed by atoms with Crippen LogP contribution in [0.2, 0.25) is 5.02 Å². The zero-order chi connectivity index (χ0) is 20.3. The molecule has 0 fully saturated rings. The molecule has 1 aliphatic rings. The Morgan fingerprint density at radius 3 is 2.43 bits per heavy atom. The largest absolute Gasteiger partial charge is 0.365 e. The fourth-order valence-corrected chi connectivity index (χ4v) is 4.36. The van der Waals surface area contributed by atoms with Crippen molar-refractivity contribution in [3.63, 3.8) is 0 Å². The number of benzene rings is 1. The van der Waals surface area contributed by atoms with Gasteiger partial charge in [-0.2, -0.15) is 0 Å². The molecule has 0 saturated heterocycles. The summed E-state index contributed by atoms with van der Waals surface area (Å²) >= 11 is 7.13. The summed E-state index contributed by atoms with van der Waals surface area (Å²) in [5, 5.41) is 6.26. The van der Waals surface area contributed by atoms with Gasteiger partial charge in [0, 0.05) is 40.8 Å². The number of hydrogen-bond acceptors (Lipinski definition) is 5. The van der Waals surface area contributed by atoms with Crippen molar-refractivity contribution in [2.75, 3.05) is 24.2 Å². The van der Waals surface area contributed by atoms with Crippen molar-refractivity contribution in [1.82, 2.24) is 4.90 Å². The van der Waals surface area contributed by atoms with E-state index in [9.17, 15) is 14.4 Å². The number of halogens is 1. The number of anilines is 2. The molecule has 4 N–H and O–H groups in total. The minimum atomic E-state index is -0.568. The number of carbonyl (C=O) groups is 3. The molecule has 0 aliphatic carbocycles. The number of fused-ring (bicyclic) bond motifs is 1. The van der Waals surface area contributed by atoms with E-state index in [-0.39, 0.29) is 0 Å². The Balaban J connectivity index is 1.67. The van der Waals surface area contributed by atoms with E-state index in [2.05, 4.69) is 15.5 Å². The molecule has 3 amide bonds. The normalized spacial score (nSPS) is 13.9. The molecule has 0 unspecified atom stereocenters. The van der Waals surface area contributed by atoms with Gasteiger partial charge in [-0.05, 0) is 43.3 Å². The van der Waals surface area contributed by atoms with Crippen LogP contribution in [0.4, 0.5) is 10.7 Å². The monoisotopic (exact) mass is 418 g/mol. The van der Waals surface area contributed by atoms with Crippen LogP contribution in [0.15, 0.2) is 36.4 Å². The molecular formula is C19H19ClN4O3S. The van der Waals surface area contributed by atoms with Gasteiger partial charge >= 0.3 is 0 Å². The fourth-order valence-electron chi connectivity index (χ4n) is 2.90. The number of likely N-dealkylation sites (N-methyl/N-ethyl adjacent to an activating group) is 1. The molecule has 3 rings (SSSR count). The molecule has 2 heterocycles. The maximum absolute atomic E-state index is 12.2. The topological polar surface area (TPSA) is 105 Å². The summed E-state index contributed by atoms with van der Waals surface area (Å²) in [5.74, 6) is -1.54. The van der Waals surface area contributed by atoms with Gasteiger partial charge in [0.25, 0.3) is 5.91 Å². The van der Waals surface area contributed by atoms with Crippen LogP contribution in [0.25, 0.3) is 0 Å². The molecule has 0 spiro atoms. The van der Waals surface area contributed by atoms with E-state index in [0.717, 1.165) is 29.1 Å². The lowest BCUT2D eigenvalue weighted by Gasteiger charge is -2.22. The number of nitrogens with zero attached hydrogens (tertiary/aromatic N) is 1. The van der Waals surface area contributed by atoms with Crippen molar-refractivity contribution in [1.29, 1.82) is 0 Å². The number of hydrogen-bond donors (Lipinski definition) is 3. The SMILES string of the molecule is CN1CCc2c(sc(NC(=O)C=CC(=O)Nc3ccc(Cl)cc3)c2C(N)=O)C1. The quantitative estimate of drug-likeness (QED) is 0.649. The first kappa shape index (κ1) is 20.1. The highest BCUT2D eigenvalue weighted by Gasteiger charge is 2.26. The summed E-state index contributed by atoms with van der Waals surface area (Å²) in [6.07, 6.45) is 2.94. The third-order valence-corrected chi connectivity index (χ3v) is 5.61. The maximum Gasteiger partial charge on any atom is 0.251 e. The average molecular weight is 419 g/mol. The van der Waals surface area contributed by atoms with Crippen LogP contribution in [-0.4, -0.2) is 36.2 Å². The van der Waals surface area contributed by atoms with Gasteiger partial charge in [-0.25, -0.2) is 0 Å². The number of rotatable bonds is 5. The van der Waals surface area contributed by atoms with Crippen LogP contribution in [-0.2, 0) is 22.6 Å². The number of amides is 3. The van der Waals surface area contributed by atoms with Crippen molar-refractivity contribution >= 4 is 51.3 Å². The Morgan fingerprint density at radius 2 is 1.79 bits per heavy atom. The molecule has 28 heavy (non-hydrogen) atoms. The molecule has 2 aromatic rings. The van der Waals surface area contributed by atoms with Crippen molar-refractivity contribution < 1.29 is 14.4 Å². The van der Waals surface area contributed by atoms with Crippen LogP contribution in [0, 0.1) is 0 Å². The van der Waals surface area contributed by atoms with E-state index >= 15 is 0 Å². The highest BCUT2D eigenvalue weighted by Crippen LogP contribution is 2.36. The Bertz CT molecular complexity index is 953. The predicted molar refractivity (Wildman–Crippen MR) is 111 cm³/mol. The first-order valence-corrected chi connectivity index (χ1v) is 9.71. The van der Waals surface area contributed by atoms with E-state index in [4.69, 9.17) is 17.3 Å². The third kappa shape index (κ3) is 4.78. The van der Waals surface area contributed by atoms with Gasteiger partial charge in [-0.15, -0.1) is 11.3 Å². The molecule has 0 atom stereocenters. The zero-order valence-corrected chi connectivity index (χ0v) is 16.7. The van der Waals surface area contributed by atoms with Gasteiger partial charge in [0.05, 0.1) is 5.56 Å². The second kappa shape index (κ2) is 8.55. The van der Waals surface area contributed by atoms with Gasteiger partial charge in [0.2, 0.25) is 11.8 Å². The summed E-state index contributed by atoms with van der Waals surface area (Å²) in [5.41, 5.74) is 7.34. The summed E-state index contributed by atoms with van der Waals surface area (Å²) < 4.78 is 0. The lowest BCUT2D eigenvalue weighted by atomic mass is 10.0. The second-order valence-corrected chi connectivity index (χ2v) is 7.92. The van der Waals surface area contributed by atoms with Crippen LogP contribution >= 0.6 is 22.9 Å². The van der Waals surface area contributed by atoms with Gasteiger partial charge in [0.1, 0.15) is 5.00 Å². The Kier molecular flexibility index (Phi) is 6.13. The molecule has 0 radical (unpaired) electrons. The van der Waals surface area contributed by atoms with Crippen molar-refractivity contribution in [2.24, 2.45) is 5.73 Å². The molecule has 146 valence electrons. The molecule has 0 bridgehead atoms. The molecule has 1 aromatic heterocycles. The second-order valence-electron chi connectivity index (χ2n) is 6.38. The van der Waals surface area contributed by atoms with E-state index < -0.39 is 17.7 Å². The molecule has 7 nitrogen and oxygen atoms in total. The maximum atomic E-state index is 12.2. The minimum absolute atomic E-state index is 0.362. The summed E-state index contributed by atoms with van der Waals surface area (Å²) in [6.45, 7) is 1.53. The lowest BCUT2D eigenvalue weighted by Crippen LogP contribution is -2.27. The van der Waals surface area contributed by atoms with Crippen molar-refractivity contribution in [2.45, 2.75) is 13.0 Å². The van der Waals surface area contributed by atoms with Gasteiger partial charge in [0.15, 0.2) is 0 Å². The molecule has 9 heteroatoms. The number of thiophene rings is 1. The zero-order valence-electron chi connectivity index (χ0n) is 15.1. The third-order valence-electron chi connectivity index (χ3n) is 4.23. The smallest absolute Gasteiger partial charge is 0.251 e. The van der Waals surface area contributed by atoms with Crippen molar-refractivity contribution in [3.05, 3.63) is 57.4 Å². The van der Waals surface area contributed by atoms with Crippen LogP contribution in [0.5, 0.6) is 0 Å². The number of carbonyl (C=O) groups excluding carboxylic acids is 3. The summed E-state index contributed by atoms with van der Waals surface area (Å²) in [6, 6.07) is 6.60. The molecule has 0 saturated carbocycles. The lowest BCUT2D eigenvalue weighted by molar-refractivity contribution is -0.114. The fraction of sp³-hybridized carbons (Fsp3) is 0.211. The molecule has 1 aromatic carbocycles. The van der Waals surface area contributed by atoms with Crippen LogP contribution < -0.4 is 16.4 Å². The predicted octanol–water partition coefficient (Wildman–Crippen LogP) is 2.62. The molecular weight excluding hydrogens is 400 g/mol. The summed E-state index contributed by atoms with van der Waals surface area (Å²) in [7, 11) is 1.99. The highest BCUT2D eigenvalue weighted by molar-refractivity contribution is 7.17. The van der Waals surface area contributed by atoms with Gasteiger partial charge in [-0.1, -0.05) is 11.6 Å². The number of nitrogens with one attached hydrogen (secondary N) is 2. The Labute approximate surface area is 171 Å². The first-order chi connectivity index (χ1) is 13.3.